The summed E-state index contributed by atoms with van der Waals surface area (Å²) in [6, 6.07) is 16.5. The molecule has 0 bridgehead atoms. The summed E-state index contributed by atoms with van der Waals surface area (Å²) in [5, 5.41) is 0. The van der Waals surface area contributed by atoms with Crippen LogP contribution in [0.25, 0.3) is 0 Å². The lowest BCUT2D eigenvalue weighted by atomic mass is 9.95. The van der Waals surface area contributed by atoms with Crippen molar-refractivity contribution in [3.05, 3.63) is 70.8 Å². The number of ether oxygens (including phenoxy) is 1. The monoisotopic (exact) mass is 409 g/mol. The highest BCUT2D eigenvalue weighted by molar-refractivity contribution is 7.88. The third-order valence-corrected chi connectivity index (χ3v) is 5.68. The van der Waals surface area contributed by atoms with E-state index in [1.807, 2.05) is 19.1 Å². The van der Waals surface area contributed by atoms with E-state index in [2.05, 4.69) is 41.1 Å². The van der Waals surface area contributed by atoms with Crippen molar-refractivity contribution in [2.45, 2.75) is 51.4 Å². The van der Waals surface area contributed by atoms with Gasteiger partial charge in [0, 0.05) is 6.04 Å². The first kappa shape index (κ1) is 21.9. The molecule has 1 heterocycles. The van der Waals surface area contributed by atoms with Gasteiger partial charge in [0.2, 0.25) is 10.0 Å². The number of nitrogens with one attached hydrogen (secondary N) is 1. The molecule has 0 radical (unpaired) electrons. The van der Waals surface area contributed by atoms with Gasteiger partial charge >= 0.3 is 0 Å². The quantitative estimate of drug-likeness (QED) is 0.746. The van der Waals surface area contributed by atoms with Crippen LogP contribution < -0.4 is 4.72 Å². The van der Waals surface area contributed by atoms with E-state index in [0.29, 0.717) is 6.10 Å². The van der Waals surface area contributed by atoms with Gasteiger partial charge in [-0.2, -0.15) is 0 Å². The summed E-state index contributed by atoms with van der Waals surface area (Å²) in [6.07, 6.45) is 5.65. The zero-order valence-corrected chi connectivity index (χ0v) is 17.5. The van der Waals surface area contributed by atoms with Gasteiger partial charge in [0.25, 0.3) is 0 Å². The third-order valence-electron chi connectivity index (χ3n) is 4.90. The Morgan fingerprint density at radius 3 is 2.44 bits per heavy atom. The molecule has 2 aromatic rings. The summed E-state index contributed by atoms with van der Waals surface area (Å²) in [7, 11) is -3.19. The second kappa shape index (κ2) is 9.69. The molecule has 1 unspecified atom stereocenters. The fourth-order valence-corrected chi connectivity index (χ4v) is 4.27. The average Bonchev–Trinajstić information content (AvgIpc) is 2.61. The topological polar surface area (TPSA) is 55.4 Å². The minimum atomic E-state index is -3.19. The van der Waals surface area contributed by atoms with Crippen molar-refractivity contribution in [2.75, 3.05) is 6.26 Å². The average molecular weight is 410 g/mol. The van der Waals surface area contributed by atoms with Crippen molar-refractivity contribution in [3.8, 4) is 0 Å². The number of aryl methyl sites for hydroxylation is 1. The van der Waals surface area contributed by atoms with Crippen LogP contribution in [-0.4, -0.2) is 20.8 Å². The molecule has 0 fully saturated rings. The highest BCUT2D eigenvalue weighted by Gasteiger charge is 2.18. The molecule has 1 aliphatic rings. The molecule has 3 rings (SSSR count). The molecule has 1 aliphatic heterocycles. The Morgan fingerprint density at radius 1 is 1.11 bits per heavy atom. The Bertz CT molecular complexity index is 837. The van der Waals surface area contributed by atoms with E-state index in [0.717, 1.165) is 37.9 Å². The Hall–Kier alpha value is -1.40. The molecule has 0 saturated carbocycles. The molecule has 2 atom stereocenters. The predicted octanol–water partition coefficient (Wildman–Crippen LogP) is 4.18. The van der Waals surface area contributed by atoms with E-state index in [1.54, 1.807) is 0 Å². The maximum Gasteiger partial charge on any atom is 0.209 e. The lowest BCUT2D eigenvalue weighted by Crippen LogP contribution is -2.25. The summed E-state index contributed by atoms with van der Waals surface area (Å²) in [6.45, 7) is 2.58. The van der Waals surface area contributed by atoms with E-state index < -0.39 is 10.0 Å². The number of rotatable bonds is 7. The smallest absolute Gasteiger partial charge is 0.209 e. The Kier molecular flexibility index (Phi) is 7.86. The van der Waals surface area contributed by atoms with Crippen LogP contribution >= 0.6 is 12.4 Å². The summed E-state index contributed by atoms with van der Waals surface area (Å²) in [5.41, 5.74) is 4.99. The SMILES string of the molecule is C[C@@H](NS(C)(=O)=O)c1ccc(CCCC2Cc3ccccc3CO2)cc1.Cl. The Labute approximate surface area is 168 Å². The van der Waals surface area contributed by atoms with E-state index in [4.69, 9.17) is 4.74 Å². The van der Waals surface area contributed by atoms with Crippen LogP contribution in [0.4, 0.5) is 0 Å². The minimum absolute atomic E-state index is 0. The molecule has 27 heavy (non-hydrogen) atoms. The maximum absolute atomic E-state index is 11.3. The van der Waals surface area contributed by atoms with Gasteiger partial charge in [-0.15, -0.1) is 12.4 Å². The highest BCUT2D eigenvalue weighted by atomic mass is 35.5. The van der Waals surface area contributed by atoms with Gasteiger partial charge in [-0.1, -0.05) is 48.5 Å². The Morgan fingerprint density at radius 2 is 1.78 bits per heavy atom. The molecule has 6 heteroatoms. The van der Waals surface area contributed by atoms with Crippen molar-refractivity contribution < 1.29 is 13.2 Å². The van der Waals surface area contributed by atoms with Crippen LogP contribution in [0.5, 0.6) is 0 Å². The first-order chi connectivity index (χ1) is 12.4. The van der Waals surface area contributed by atoms with Gasteiger partial charge in [0.1, 0.15) is 0 Å². The largest absolute Gasteiger partial charge is 0.373 e. The number of sulfonamides is 1. The van der Waals surface area contributed by atoms with Crippen LogP contribution in [0, 0.1) is 0 Å². The van der Waals surface area contributed by atoms with Gasteiger partial charge in [-0.05, 0) is 54.9 Å². The first-order valence-corrected chi connectivity index (χ1v) is 11.0. The van der Waals surface area contributed by atoms with Gasteiger partial charge < -0.3 is 4.74 Å². The number of hydrogen-bond donors (Lipinski definition) is 1. The molecular formula is C21H28ClNO3S. The maximum atomic E-state index is 11.3. The normalized spacial score (nSPS) is 17.6. The second-order valence-electron chi connectivity index (χ2n) is 7.15. The van der Waals surface area contributed by atoms with Gasteiger partial charge in [-0.25, -0.2) is 13.1 Å². The molecule has 0 saturated heterocycles. The fourth-order valence-electron chi connectivity index (χ4n) is 3.49. The number of fused-ring (bicyclic) bond motifs is 1. The lowest BCUT2D eigenvalue weighted by Gasteiger charge is -2.25. The van der Waals surface area contributed by atoms with Crippen molar-refractivity contribution in [1.82, 2.24) is 4.72 Å². The third kappa shape index (κ3) is 6.61. The van der Waals surface area contributed by atoms with Crippen LogP contribution in [0.1, 0.15) is 48.1 Å². The minimum Gasteiger partial charge on any atom is -0.373 e. The van der Waals surface area contributed by atoms with Gasteiger partial charge in [0.05, 0.1) is 19.0 Å². The van der Waals surface area contributed by atoms with Crippen LogP contribution in [-0.2, 0) is 34.2 Å². The molecule has 0 aliphatic carbocycles. The van der Waals surface area contributed by atoms with Gasteiger partial charge in [-0.3, -0.25) is 0 Å². The molecule has 0 spiro atoms. The lowest BCUT2D eigenvalue weighted by molar-refractivity contribution is 0.0221. The molecule has 1 N–H and O–H groups in total. The fraction of sp³-hybridized carbons (Fsp3) is 0.429. The number of halogens is 1. The van der Waals surface area contributed by atoms with Crippen LogP contribution in [0.15, 0.2) is 48.5 Å². The highest BCUT2D eigenvalue weighted by Crippen LogP contribution is 2.23. The Balaban J connectivity index is 0.00000261. The van der Waals surface area contributed by atoms with E-state index in [-0.39, 0.29) is 18.4 Å². The van der Waals surface area contributed by atoms with Crippen molar-refractivity contribution in [3.63, 3.8) is 0 Å². The molecule has 2 aromatic carbocycles. The molecule has 148 valence electrons. The second-order valence-corrected chi connectivity index (χ2v) is 8.93. The number of hydrogen-bond acceptors (Lipinski definition) is 3. The van der Waals surface area contributed by atoms with E-state index >= 15 is 0 Å². The molecule has 0 amide bonds. The molecular weight excluding hydrogens is 382 g/mol. The van der Waals surface area contributed by atoms with Crippen LogP contribution in [0.3, 0.4) is 0 Å². The summed E-state index contributed by atoms with van der Waals surface area (Å²) in [5.74, 6) is 0. The molecule has 4 nitrogen and oxygen atoms in total. The van der Waals surface area contributed by atoms with Crippen molar-refractivity contribution in [2.24, 2.45) is 0 Å². The zero-order valence-electron chi connectivity index (χ0n) is 15.9. The summed E-state index contributed by atoms with van der Waals surface area (Å²) >= 11 is 0. The first-order valence-electron chi connectivity index (χ1n) is 9.15. The van der Waals surface area contributed by atoms with E-state index in [9.17, 15) is 8.42 Å². The standard InChI is InChI=1S/C21H27NO3S.ClH/c1-16(22-26(2,23)24)18-12-10-17(11-13-18)6-5-9-21-14-19-7-3-4-8-20(19)15-25-21;/h3-4,7-8,10-13,16,21-22H,5-6,9,14-15H2,1-2H3;1H/t16-,21?;/m1./s1. The predicted molar refractivity (Wildman–Crippen MR) is 112 cm³/mol. The zero-order chi connectivity index (χ0) is 18.6. The molecule has 0 aromatic heterocycles. The van der Waals surface area contributed by atoms with E-state index in [1.165, 1.54) is 22.9 Å². The van der Waals surface area contributed by atoms with Crippen molar-refractivity contribution >= 4 is 22.4 Å². The van der Waals surface area contributed by atoms with Crippen molar-refractivity contribution in [1.29, 1.82) is 0 Å². The van der Waals surface area contributed by atoms with Gasteiger partial charge in [0.15, 0.2) is 0 Å². The summed E-state index contributed by atoms with van der Waals surface area (Å²) in [4.78, 5) is 0. The number of benzene rings is 2. The van der Waals surface area contributed by atoms with Crippen LogP contribution in [0.2, 0.25) is 0 Å². The summed E-state index contributed by atoms with van der Waals surface area (Å²) < 4.78 is 31.2.